The summed E-state index contributed by atoms with van der Waals surface area (Å²) in [6.45, 7) is 4.17. The maximum atomic E-state index is 11.5. The molecule has 2 aliphatic carbocycles. The topological polar surface area (TPSA) is 52.6 Å². The first-order chi connectivity index (χ1) is 11.5. The van der Waals surface area contributed by atoms with Crippen molar-refractivity contribution in [3.8, 4) is 0 Å². The highest BCUT2D eigenvalue weighted by Crippen LogP contribution is 2.30. The van der Waals surface area contributed by atoms with Gasteiger partial charge in [-0.3, -0.25) is 9.59 Å². The van der Waals surface area contributed by atoms with Crippen molar-refractivity contribution in [1.29, 1.82) is 0 Å². The van der Waals surface area contributed by atoms with Gasteiger partial charge in [-0.05, 0) is 69.1 Å². The SMILES string of the molecule is COC(=O)C1CCC(COC2C=CC(/C=C(\C)C(C)=O)=CC2)CC1. The summed E-state index contributed by atoms with van der Waals surface area (Å²) in [7, 11) is 1.46. The Morgan fingerprint density at radius 2 is 1.92 bits per heavy atom. The van der Waals surface area contributed by atoms with E-state index in [1.54, 1.807) is 6.92 Å². The van der Waals surface area contributed by atoms with E-state index in [0.717, 1.165) is 49.9 Å². The fraction of sp³-hybridized carbons (Fsp3) is 0.600. The van der Waals surface area contributed by atoms with Crippen LogP contribution in [0.1, 0.15) is 46.0 Å². The van der Waals surface area contributed by atoms with Gasteiger partial charge in [-0.1, -0.05) is 18.2 Å². The fourth-order valence-electron chi connectivity index (χ4n) is 3.19. The van der Waals surface area contributed by atoms with E-state index in [2.05, 4.69) is 12.2 Å². The van der Waals surface area contributed by atoms with E-state index < -0.39 is 0 Å². The summed E-state index contributed by atoms with van der Waals surface area (Å²) in [6, 6.07) is 0. The average Bonchev–Trinajstić information content (AvgIpc) is 2.60. The average molecular weight is 332 g/mol. The number of ether oxygens (including phenoxy) is 2. The summed E-state index contributed by atoms with van der Waals surface area (Å²) in [5, 5.41) is 0. The van der Waals surface area contributed by atoms with Crippen molar-refractivity contribution < 1.29 is 19.1 Å². The van der Waals surface area contributed by atoms with Gasteiger partial charge < -0.3 is 9.47 Å². The molecule has 0 aliphatic heterocycles. The molecule has 0 aromatic rings. The molecular weight excluding hydrogens is 304 g/mol. The number of methoxy groups -OCH3 is 1. The molecule has 0 aromatic carbocycles. The molecule has 0 amide bonds. The van der Waals surface area contributed by atoms with Crippen molar-refractivity contribution in [2.45, 2.75) is 52.1 Å². The van der Waals surface area contributed by atoms with E-state index in [1.165, 1.54) is 7.11 Å². The van der Waals surface area contributed by atoms with Gasteiger partial charge in [0.1, 0.15) is 0 Å². The van der Waals surface area contributed by atoms with Crippen LogP contribution in [0.5, 0.6) is 0 Å². The molecule has 4 nitrogen and oxygen atoms in total. The molecule has 0 saturated heterocycles. The predicted molar refractivity (Wildman–Crippen MR) is 93.5 cm³/mol. The second-order valence-corrected chi connectivity index (χ2v) is 6.80. The van der Waals surface area contributed by atoms with Crippen LogP contribution >= 0.6 is 0 Å². The van der Waals surface area contributed by atoms with Gasteiger partial charge in [0.15, 0.2) is 5.78 Å². The molecule has 4 heteroatoms. The Kier molecular flexibility index (Phi) is 6.98. The second-order valence-electron chi connectivity index (χ2n) is 6.80. The molecule has 1 atom stereocenters. The smallest absolute Gasteiger partial charge is 0.308 e. The van der Waals surface area contributed by atoms with Gasteiger partial charge in [-0.15, -0.1) is 0 Å². The lowest BCUT2D eigenvalue weighted by Gasteiger charge is -2.28. The largest absolute Gasteiger partial charge is 0.469 e. The molecule has 0 spiro atoms. The first kappa shape index (κ1) is 18.7. The summed E-state index contributed by atoms with van der Waals surface area (Å²) in [4.78, 5) is 22.8. The summed E-state index contributed by atoms with van der Waals surface area (Å²) < 4.78 is 10.8. The monoisotopic (exact) mass is 332 g/mol. The van der Waals surface area contributed by atoms with Crippen molar-refractivity contribution in [1.82, 2.24) is 0 Å². The van der Waals surface area contributed by atoms with Crippen LogP contribution in [0.3, 0.4) is 0 Å². The van der Waals surface area contributed by atoms with Crippen LogP contribution in [-0.2, 0) is 19.1 Å². The maximum Gasteiger partial charge on any atom is 0.308 e. The van der Waals surface area contributed by atoms with E-state index in [0.29, 0.717) is 5.92 Å². The summed E-state index contributed by atoms with van der Waals surface area (Å²) in [5.41, 5.74) is 1.84. The third kappa shape index (κ3) is 5.45. The van der Waals surface area contributed by atoms with Crippen LogP contribution < -0.4 is 0 Å². The molecular formula is C20H28O4. The van der Waals surface area contributed by atoms with Crippen molar-refractivity contribution in [2.24, 2.45) is 11.8 Å². The quantitative estimate of drug-likeness (QED) is 0.549. The molecule has 24 heavy (non-hydrogen) atoms. The number of carbonyl (C=O) groups is 2. The highest BCUT2D eigenvalue weighted by Gasteiger charge is 2.27. The number of allylic oxidation sites excluding steroid dienone is 4. The number of carbonyl (C=O) groups excluding carboxylic acids is 2. The van der Waals surface area contributed by atoms with Gasteiger partial charge in [0.2, 0.25) is 0 Å². The Morgan fingerprint density at radius 3 is 2.46 bits per heavy atom. The summed E-state index contributed by atoms with van der Waals surface area (Å²) in [6.07, 6.45) is 12.9. The lowest BCUT2D eigenvalue weighted by molar-refractivity contribution is -0.147. The summed E-state index contributed by atoms with van der Waals surface area (Å²) >= 11 is 0. The standard InChI is InChI=1S/C20H28O4/c1-14(15(2)21)12-16-6-10-19(11-7-16)24-13-17-4-8-18(9-5-17)20(22)23-3/h6-7,10,12,17-19H,4-5,8-9,11,13H2,1-3H3/b14-12+. The van der Waals surface area contributed by atoms with E-state index in [-0.39, 0.29) is 23.8 Å². The van der Waals surface area contributed by atoms with Gasteiger partial charge in [-0.25, -0.2) is 0 Å². The van der Waals surface area contributed by atoms with Crippen molar-refractivity contribution in [3.63, 3.8) is 0 Å². The molecule has 2 aliphatic rings. The molecule has 132 valence electrons. The van der Waals surface area contributed by atoms with Gasteiger partial charge in [0.25, 0.3) is 0 Å². The van der Waals surface area contributed by atoms with Crippen molar-refractivity contribution >= 4 is 11.8 Å². The number of esters is 1. The minimum Gasteiger partial charge on any atom is -0.469 e. The van der Waals surface area contributed by atoms with Crippen LogP contribution in [0.4, 0.5) is 0 Å². The lowest BCUT2D eigenvalue weighted by atomic mass is 9.82. The fourth-order valence-corrected chi connectivity index (χ4v) is 3.19. The van der Waals surface area contributed by atoms with Crippen LogP contribution in [0.25, 0.3) is 0 Å². The zero-order valence-electron chi connectivity index (χ0n) is 14.9. The van der Waals surface area contributed by atoms with E-state index in [9.17, 15) is 9.59 Å². The molecule has 0 heterocycles. The number of rotatable bonds is 6. The van der Waals surface area contributed by atoms with Crippen LogP contribution in [0, 0.1) is 11.8 Å². The van der Waals surface area contributed by atoms with Crippen LogP contribution in [-0.4, -0.2) is 31.6 Å². The van der Waals surface area contributed by atoms with Crippen LogP contribution in [0.15, 0.2) is 35.5 Å². The van der Waals surface area contributed by atoms with Crippen molar-refractivity contribution in [3.05, 3.63) is 35.5 Å². The lowest BCUT2D eigenvalue weighted by Crippen LogP contribution is -2.26. The highest BCUT2D eigenvalue weighted by atomic mass is 16.5. The van der Waals surface area contributed by atoms with Gasteiger partial charge in [0.05, 0.1) is 25.7 Å². The molecule has 2 rings (SSSR count). The molecule has 0 bridgehead atoms. The number of hydrogen-bond donors (Lipinski definition) is 0. The molecule has 0 N–H and O–H groups in total. The normalized spacial score (nSPS) is 27.5. The van der Waals surface area contributed by atoms with Gasteiger partial charge in [0, 0.05) is 0 Å². The number of hydrogen-bond acceptors (Lipinski definition) is 4. The Hall–Kier alpha value is -1.68. The second kappa shape index (κ2) is 8.97. The molecule has 0 aromatic heterocycles. The third-order valence-corrected chi connectivity index (χ3v) is 4.95. The van der Waals surface area contributed by atoms with E-state index >= 15 is 0 Å². The first-order valence-electron chi connectivity index (χ1n) is 8.76. The summed E-state index contributed by atoms with van der Waals surface area (Å²) in [5.74, 6) is 0.633. The van der Waals surface area contributed by atoms with Gasteiger partial charge >= 0.3 is 5.97 Å². The molecule has 1 saturated carbocycles. The maximum absolute atomic E-state index is 11.5. The van der Waals surface area contributed by atoms with Crippen molar-refractivity contribution in [2.75, 3.05) is 13.7 Å². The van der Waals surface area contributed by atoms with E-state index in [4.69, 9.17) is 9.47 Å². The Labute approximate surface area is 144 Å². The molecule has 0 radical (unpaired) electrons. The third-order valence-electron chi connectivity index (χ3n) is 4.95. The minimum atomic E-state index is -0.0730. The van der Waals surface area contributed by atoms with E-state index in [1.807, 2.05) is 19.1 Å². The number of ketones is 1. The molecule has 1 unspecified atom stereocenters. The Morgan fingerprint density at radius 1 is 1.21 bits per heavy atom. The number of Topliss-reactive ketones (excluding diaryl/α,β-unsaturated/α-hetero) is 1. The Bertz CT molecular complexity index is 548. The Balaban J connectivity index is 1.71. The molecule has 1 fully saturated rings. The first-order valence-corrected chi connectivity index (χ1v) is 8.76. The zero-order valence-corrected chi connectivity index (χ0v) is 14.9. The minimum absolute atomic E-state index is 0.0719. The van der Waals surface area contributed by atoms with Gasteiger partial charge in [-0.2, -0.15) is 0 Å². The zero-order chi connectivity index (χ0) is 17.5. The predicted octanol–water partition coefficient (Wildman–Crippen LogP) is 3.77. The highest BCUT2D eigenvalue weighted by molar-refractivity contribution is 5.93. The van der Waals surface area contributed by atoms with Crippen LogP contribution in [0.2, 0.25) is 0 Å².